The molecule has 0 saturated carbocycles. The lowest BCUT2D eigenvalue weighted by molar-refractivity contribution is 0.0661. The van der Waals surface area contributed by atoms with Gasteiger partial charge in [-0.2, -0.15) is 5.21 Å². The number of hydrogen-bond acceptors (Lipinski definition) is 6. The zero-order valence-electron chi connectivity index (χ0n) is 9.78. The first-order valence-corrected chi connectivity index (χ1v) is 5.12. The van der Waals surface area contributed by atoms with Gasteiger partial charge < -0.3 is 14.6 Å². The maximum absolute atomic E-state index is 11.7. The number of aromatic amines is 1. The molecule has 0 spiro atoms. The van der Waals surface area contributed by atoms with E-state index in [1.54, 1.807) is 12.1 Å². The summed E-state index contributed by atoms with van der Waals surface area (Å²) in [7, 11) is 1.51. The van der Waals surface area contributed by atoms with E-state index in [1.165, 1.54) is 19.2 Å². The molecule has 1 heterocycles. The monoisotopic (exact) mass is 263 g/mol. The Morgan fingerprint density at radius 2 is 1.68 bits per heavy atom. The number of benzene rings is 1. The minimum Gasteiger partial charge on any atom is -0.497 e. The predicted molar refractivity (Wildman–Crippen MR) is 61.3 cm³/mol. The highest BCUT2D eigenvalue weighted by atomic mass is 16.5. The Morgan fingerprint density at radius 1 is 1.11 bits per heavy atom. The third-order valence-corrected chi connectivity index (χ3v) is 2.21. The molecule has 2 rings (SSSR count). The number of nitrogens with zero attached hydrogens (tertiary/aromatic N) is 2. The lowest BCUT2D eigenvalue weighted by Crippen LogP contribution is -2.14. The lowest BCUT2D eigenvalue weighted by atomic mass is 10.3. The van der Waals surface area contributed by atoms with Crippen molar-refractivity contribution in [2.24, 2.45) is 0 Å². The van der Waals surface area contributed by atoms with Crippen LogP contribution in [0.15, 0.2) is 24.3 Å². The van der Waals surface area contributed by atoms with E-state index in [2.05, 4.69) is 15.4 Å². The van der Waals surface area contributed by atoms with Gasteiger partial charge in [-0.3, -0.25) is 0 Å². The summed E-state index contributed by atoms with van der Waals surface area (Å²) in [6, 6.07) is 6.22. The van der Waals surface area contributed by atoms with Crippen LogP contribution >= 0.6 is 0 Å². The van der Waals surface area contributed by atoms with Crippen molar-refractivity contribution in [1.82, 2.24) is 15.4 Å². The lowest BCUT2D eigenvalue weighted by Gasteiger charge is -2.03. The molecule has 0 radical (unpaired) electrons. The molecular weight excluding hydrogens is 254 g/mol. The highest BCUT2D eigenvalue weighted by Crippen LogP contribution is 2.18. The minimum absolute atomic E-state index is 0.241. The van der Waals surface area contributed by atoms with Crippen molar-refractivity contribution in [3.05, 3.63) is 35.7 Å². The molecule has 0 aliphatic heterocycles. The molecule has 0 fully saturated rings. The van der Waals surface area contributed by atoms with Gasteiger partial charge in [0.2, 0.25) is 11.4 Å². The molecule has 1 aromatic carbocycles. The maximum Gasteiger partial charge on any atom is 0.366 e. The molecule has 8 heteroatoms. The summed E-state index contributed by atoms with van der Waals surface area (Å²) in [5.74, 6) is -1.43. The minimum atomic E-state index is -1.37. The van der Waals surface area contributed by atoms with Crippen LogP contribution in [0.25, 0.3) is 0 Å². The zero-order valence-corrected chi connectivity index (χ0v) is 9.78. The second-order valence-corrected chi connectivity index (χ2v) is 3.39. The number of methoxy groups -OCH3 is 1. The molecule has 2 N–H and O–H groups in total. The van der Waals surface area contributed by atoms with E-state index in [0.717, 1.165) is 0 Å². The molecule has 98 valence electrons. The van der Waals surface area contributed by atoms with E-state index in [0.29, 0.717) is 5.75 Å². The molecule has 2 aromatic rings. The van der Waals surface area contributed by atoms with Crippen LogP contribution in [0.4, 0.5) is 0 Å². The van der Waals surface area contributed by atoms with Crippen molar-refractivity contribution in [2.45, 2.75) is 0 Å². The average molecular weight is 263 g/mol. The number of carboxylic acid groups (broad SMARTS) is 1. The van der Waals surface area contributed by atoms with Gasteiger partial charge in [-0.05, 0) is 24.3 Å². The van der Waals surface area contributed by atoms with Gasteiger partial charge in [0.25, 0.3) is 0 Å². The molecule has 0 unspecified atom stereocenters. The Hall–Kier alpha value is -2.90. The first-order chi connectivity index (χ1) is 9.11. The Kier molecular flexibility index (Phi) is 3.42. The van der Waals surface area contributed by atoms with E-state index in [-0.39, 0.29) is 11.4 Å². The van der Waals surface area contributed by atoms with Crippen molar-refractivity contribution < 1.29 is 24.2 Å². The molecule has 8 nitrogen and oxygen atoms in total. The van der Waals surface area contributed by atoms with Crippen LogP contribution in [0.1, 0.15) is 21.0 Å². The summed E-state index contributed by atoms with van der Waals surface area (Å²) in [6.07, 6.45) is 0. The second kappa shape index (κ2) is 5.17. The largest absolute Gasteiger partial charge is 0.497 e. The number of esters is 1. The highest BCUT2D eigenvalue weighted by molar-refractivity contribution is 6.00. The van der Waals surface area contributed by atoms with Crippen LogP contribution in [0, 0.1) is 0 Å². The van der Waals surface area contributed by atoms with Gasteiger partial charge in [0.15, 0.2) is 0 Å². The summed E-state index contributed by atoms with van der Waals surface area (Å²) < 4.78 is 9.92. The number of rotatable bonds is 4. The quantitative estimate of drug-likeness (QED) is 0.617. The van der Waals surface area contributed by atoms with Crippen LogP contribution in [-0.4, -0.2) is 39.6 Å². The van der Waals surface area contributed by atoms with E-state index in [4.69, 9.17) is 14.6 Å². The number of carboxylic acids is 1. The molecule has 0 aliphatic rings. The van der Waals surface area contributed by atoms with Gasteiger partial charge >= 0.3 is 11.9 Å². The average Bonchev–Trinajstić information content (AvgIpc) is 2.89. The van der Waals surface area contributed by atoms with Crippen molar-refractivity contribution in [2.75, 3.05) is 7.11 Å². The summed E-state index contributed by atoms with van der Waals surface area (Å²) >= 11 is 0. The van der Waals surface area contributed by atoms with E-state index < -0.39 is 17.6 Å². The number of aromatic nitrogens is 3. The molecule has 0 atom stereocenters. The van der Waals surface area contributed by atoms with Crippen LogP contribution < -0.4 is 9.47 Å². The van der Waals surface area contributed by atoms with Crippen LogP contribution in [0.3, 0.4) is 0 Å². The zero-order chi connectivity index (χ0) is 13.8. The van der Waals surface area contributed by atoms with Gasteiger partial charge in [0.1, 0.15) is 11.5 Å². The number of carbonyl (C=O) groups is 2. The number of nitrogens with one attached hydrogen (secondary N) is 1. The smallest absolute Gasteiger partial charge is 0.366 e. The molecule has 1 aromatic heterocycles. The van der Waals surface area contributed by atoms with Gasteiger partial charge in [0, 0.05) is 0 Å². The van der Waals surface area contributed by atoms with Gasteiger partial charge in [-0.25, -0.2) is 9.59 Å². The van der Waals surface area contributed by atoms with E-state index in [9.17, 15) is 9.59 Å². The number of carbonyl (C=O) groups excluding carboxylic acids is 1. The maximum atomic E-state index is 11.7. The predicted octanol–water partition coefficient (Wildman–Crippen LogP) is 0.731. The first kappa shape index (κ1) is 12.6. The molecule has 19 heavy (non-hydrogen) atoms. The number of H-pyrrole nitrogens is 1. The normalized spacial score (nSPS) is 9.95. The third kappa shape index (κ3) is 2.68. The Labute approximate surface area is 107 Å². The summed E-state index contributed by atoms with van der Waals surface area (Å²) in [6.45, 7) is 0. The Morgan fingerprint density at radius 3 is 2.26 bits per heavy atom. The Bertz CT molecular complexity index is 605. The van der Waals surface area contributed by atoms with Crippen molar-refractivity contribution >= 4 is 11.9 Å². The number of ether oxygens (including phenoxy) is 2. The highest BCUT2D eigenvalue weighted by Gasteiger charge is 2.23. The van der Waals surface area contributed by atoms with Crippen LogP contribution in [0.2, 0.25) is 0 Å². The fourth-order valence-corrected chi connectivity index (χ4v) is 1.32. The van der Waals surface area contributed by atoms with E-state index >= 15 is 0 Å². The number of aromatic carboxylic acids is 1. The summed E-state index contributed by atoms with van der Waals surface area (Å²) in [5.41, 5.74) is -0.873. The fourth-order valence-electron chi connectivity index (χ4n) is 1.32. The molecule has 0 bridgehead atoms. The van der Waals surface area contributed by atoms with Crippen molar-refractivity contribution in [3.8, 4) is 11.5 Å². The second-order valence-electron chi connectivity index (χ2n) is 3.39. The van der Waals surface area contributed by atoms with Gasteiger partial charge in [-0.1, -0.05) is 0 Å². The standard InChI is InChI=1S/C11H9N3O5/c1-18-6-2-4-7(5-3-6)19-11(17)9-8(10(15)16)12-14-13-9/h2-5H,1H3,(H,15,16)(H,12,13,14). The molecular formula is C11H9N3O5. The van der Waals surface area contributed by atoms with Gasteiger partial charge in [0.05, 0.1) is 7.11 Å². The topological polar surface area (TPSA) is 114 Å². The third-order valence-electron chi connectivity index (χ3n) is 2.21. The number of hydrogen-bond donors (Lipinski definition) is 2. The van der Waals surface area contributed by atoms with Crippen LogP contribution in [0.5, 0.6) is 11.5 Å². The van der Waals surface area contributed by atoms with Gasteiger partial charge in [-0.15, -0.1) is 10.2 Å². The Balaban J connectivity index is 2.16. The SMILES string of the molecule is COc1ccc(OC(=O)c2n[nH]nc2C(=O)O)cc1. The summed E-state index contributed by atoms with van der Waals surface area (Å²) in [4.78, 5) is 22.5. The molecule has 0 amide bonds. The van der Waals surface area contributed by atoms with Crippen LogP contribution in [-0.2, 0) is 0 Å². The van der Waals surface area contributed by atoms with E-state index in [1.807, 2.05) is 0 Å². The van der Waals surface area contributed by atoms with Crippen molar-refractivity contribution in [1.29, 1.82) is 0 Å². The fraction of sp³-hybridized carbons (Fsp3) is 0.0909. The first-order valence-electron chi connectivity index (χ1n) is 5.12. The van der Waals surface area contributed by atoms with Crippen molar-refractivity contribution in [3.63, 3.8) is 0 Å². The summed E-state index contributed by atoms with van der Waals surface area (Å²) in [5, 5.41) is 17.7. The molecule has 0 aliphatic carbocycles. The molecule has 0 saturated heterocycles.